The lowest BCUT2D eigenvalue weighted by Crippen LogP contribution is -2.35. The van der Waals surface area contributed by atoms with Crippen molar-refractivity contribution in [3.05, 3.63) is 0 Å². The molecular formula is C13H27N3O. The first-order chi connectivity index (χ1) is 8.25. The molecule has 2 aliphatic heterocycles. The number of likely N-dealkylation sites (tertiary alicyclic amines) is 1. The number of hydrogen-bond donors (Lipinski definition) is 1. The van der Waals surface area contributed by atoms with Crippen LogP contribution in [-0.4, -0.2) is 75.9 Å². The summed E-state index contributed by atoms with van der Waals surface area (Å²) in [6, 6.07) is 0.762. The fourth-order valence-electron chi connectivity index (χ4n) is 2.72. The molecule has 0 aromatic rings. The summed E-state index contributed by atoms with van der Waals surface area (Å²) in [6.07, 6.45) is 2.56. The van der Waals surface area contributed by atoms with E-state index in [1.54, 1.807) is 0 Å². The van der Waals surface area contributed by atoms with Gasteiger partial charge in [-0.05, 0) is 39.4 Å². The summed E-state index contributed by atoms with van der Waals surface area (Å²) >= 11 is 0. The standard InChI is InChI=1S/C13H27N3O/c1-15(2)13-3-6-16(10-13)7-5-14-9-12-4-8-17-11-12/h12-14H,3-11H2,1-2H3. The van der Waals surface area contributed by atoms with Crippen molar-refractivity contribution in [3.8, 4) is 0 Å². The van der Waals surface area contributed by atoms with Crippen LogP contribution >= 0.6 is 0 Å². The Morgan fingerprint density at radius 2 is 2.24 bits per heavy atom. The largest absolute Gasteiger partial charge is 0.381 e. The van der Waals surface area contributed by atoms with Crippen LogP contribution in [0, 0.1) is 5.92 Å². The highest BCUT2D eigenvalue weighted by molar-refractivity contribution is 4.81. The zero-order chi connectivity index (χ0) is 12.1. The molecule has 2 saturated heterocycles. The molecule has 0 spiro atoms. The molecule has 2 unspecified atom stereocenters. The van der Waals surface area contributed by atoms with Crippen LogP contribution in [0.2, 0.25) is 0 Å². The zero-order valence-electron chi connectivity index (χ0n) is 11.3. The Kier molecular flexibility index (Phi) is 5.22. The number of rotatable bonds is 6. The minimum Gasteiger partial charge on any atom is -0.381 e. The Bertz CT molecular complexity index is 217. The molecule has 1 N–H and O–H groups in total. The maximum Gasteiger partial charge on any atom is 0.0507 e. The molecule has 0 radical (unpaired) electrons. The molecule has 2 heterocycles. The Balaban J connectivity index is 1.51. The fourth-order valence-corrected chi connectivity index (χ4v) is 2.72. The van der Waals surface area contributed by atoms with E-state index in [0.29, 0.717) is 0 Å². The monoisotopic (exact) mass is 241 g/mol. The molecule has 0 aliphatic carbocycles. The van der Waals surface area contributed by atoms with E-state index < -0.39 is 0 Å². The highest BCUT2D eigenvalue weighted by Gasteiger charge is 2.23. The molecule has 2 atom stereocenters. The van der Waals surface area contributed by atoms with E-state index >= 15 is 0 Å². The molecule has 2 fully saturated rings. The molecule has 0 amide bonds. The molecule has 4 nitrogen and oxygen atoms in total. The fraction of sp³-hybridized carbons (Fsp3) is 1.00. The van der Waals surface area contributed by atoms with Crippen molar-refractivity contribution in [3.63, 3.8) is 0 Å². The maximum absolute atomic E-state index is 5.37. The lowest BCUT2D eigenvalue weighted by Gasteiger charge is -2.20. The normalized spacial score (nSPS) is 30.5. The highest BCUT2D eigenvalue weighted by Crippen LogP contribution is 2.12. The Morgan fingerprint density at radius 1 is 1.35 bits per heavy atom. The minimum absolute atomic E-state index is 0.753. The average Bonchev–Trinajstić information content (AvgIpc) is 2.96. The molecular weight excluding hydrogens is 214 g/mol. The molecule has 0 aromatic carbocycles. The van der Waals surface area contributed by atoms with Crippen molar-refractivity contribution >= 4 is 0 Å². The van der Waals surface area contributed by atoms with Gasteiger partial charge >= 0.3 is 0 Å². The molecule has 4 heteroatoms. The summed E-state index contributed by atoms with van der Waals surface area (Å²) in [7, 11) is 4.37. The minimum atomic E-state index is 0.753. The van der Waals surface area contributed by atoms with E-state index in [2.05, 4.69) is 29.2 Å². The predicted octanol–water partition coefficient (Wildman–Crippen LogP) is 0.248. The van der Waals surface area contributed by atoms with E-state index in [1.165, 1.54) is 32.5 Å². The van der Waals surface area contributed by atoms with E-state index in [9.17, 15) is 0 Å². The molecule has 0 saturated carbocycles. The summed E-state index contributed by atoms with van der Waals surface area (Å²) in [5.41, 5.74) is 0. The highest BCUT2D eigenvalue weighted by atomic mass is 16.5. The quantitative estimate of drug-likeness (QED) is 0.675. The van der Waals surface area contributed by atoms with Gasteiger partial charge in [0.2, 0.25) is 0 Å². The van der Waals surface area contributed by atoms with Gasteiger partial charge in [-0.15, -0.1) is 0 Å². The Labute approximate surface area is 105 Å². The molecule has 2 rings (SSSR count). The molecule has 100 valence electrons. The smallest absolute Gasteiger partial charge is 0.0507 e. The van der Waals surface area contributed by atoms with E-state index in [-0.39, 0.29) is 0 Å². The summed E-state index contributed by atoms with van der Waals surface area (Å²) < 4.78 is 5.37. The van der Waals surface area contributed by atoms with Crippen LogP contribution in [0.15, 0.2) is 0 Å². The summed E-state index contributed by atoms with van der Waals surface area (Å²) in [5.74, 6) is 0.753. The van der Waals surface area contributed by atoms with Crippen molar-refractivity contribution in [2.75, 3.05) is 60.0 Å². The van der Waals surface area contributed by atoms with Crippen LogP contribution in [0.3, 0.4) is 0 Å². The first-order valence-electron chi connectivity index (χ1n) is 6.93. The predicted molar refractivity (Wildman–Crippen MR) is 70.3 cm³/mol. The summed E-state index contributed by atoms with van der Waals surface area (Å²) in [4.78, 5) is 4.92. The van der Waals surface area contributed by atoms with Gasteiger partial charge in [0.1, 0.15) is 0 Å². The van der Waals surface area contributed by atoms with Gasteiger partial charge < -0.3 is 19.9 Å². The second kappa shape index (κ2) is 6.69. The lowest BCUT2D eigenvalue weighted by atomic mass is 10.1. The first-order valence-corrected chi connectivity index (χ1v) is 6.93. The van der Waals surface area contributed by atoms with Gasteiger partial charge in [0.25, 0.3) is 0 Å². The van der Waals surface area contributed by atoms with Gasteiger partial charge in [-0.2, -0.15) is 0 Å². The van der Waals surface area contributed by atoms with E-state index in [1.807, 2.05) is 0 Å². The summed E-state index contributed by atoms with van der Waals surface area (Å²) in [5, 5.41) is 3.56. The second-order valence-corrected chi connectivity index (χ2v) is 5.64. The molecule has 0 bridgehead atoms. The maximum atomic E-state index is 5.37. The van der Waals surface area contributed by atoms with Crippen LogP contribution < -0.4 is 5.32 Å². The van der Waals surface area contributed by atoms with Gasteiger partial charge in [-0.25, -0.2) is 0 Å². The third kappa shape index (κ3) is 4.21. The molecule has 0 aromatic heterocycles. The SMILES string of the molecule is CN(C)C1CCN(CCNCC2CCOC2)C1. The van der Waals surface area contributed by atoms with Crippen molar-refractivity contribution < 1.29 is 4.74 Å². The van der Waals surface area contributed by atoms with Crippen molar-refractivity contribution in [2.24, 2.45) is 5.92 Å². The second-order valence-electron chi connectivity index (χ2n) is 5.64. The van der Waals surface area contributed by atoms with Crippen molar-refractivity contribution in [2.45, 2.75) is 18.9 Å². The van der Waals surface area contributed by atoms with Crippen molar-refractivity contribution in [1.82, 2.24) is 15.1 Å². The lowest BCUT2D eigenvalue weighted by molar-refractivity contribution is 0.185. The van der Waals surface area contributed by atoms with Crippen LogP contribution in [-0.2, 0) is 4.74 Å². The first kappa shape index (κ1) is 13.3. The van der Waals surface area contributed by atoms with Gasteiger partial charge in [-0.3, -0.25) is 0 Å². The van der Waals surface area contributed by atoms with Crippen LogP contribution in [0.5, 0.6) is 0 Å². The zero-order valence-corrected chi connectivity index (χ0v) is 11.3. The average molecular weight is 241 g/mol. The molecule has 2 aliphatic rings. The topological polar surface area (TPSA) is 27.7 Å². The van der Waals surface area contributed by atoms with Gasteiger partial charge in [0.05, 0.1) is 6.61 Å². The number of nitrogens with zero attached hydrogens (tertiary/aromatic N) is 2. The Morgan fingerprint density at radius 3 is 2.88 bits per heavy atom. The van der Waals surface area contributed by atoms with Gasteiger partial charge in [0.15, 0.2) is 0 Å². The number of likely N-dealkylation sites (N-methyl/N-ethyl adjacent to an activating group) is 1. The summed E-state index contributed by atoms with van der Waals surface area (Å²) in [6.45, 7) is 7.86. The van der Waals surface area contributed by atoms with E-state index in [4.69, 9.17) is 4.74 Å². The number of hydrogen-bond acceptors (Lipinski definition) is 4. The third-order valence-electron chi connectivity index (χ3n) is 4.04. The van der Waals surface area contributed by atoms with Gasteiger partial charge in [-0.1, -0.05) is 0 Å². The van der Waals surface area contributed by atoms with E-state index in [0.717, 1.165) is 38.3 Å². The number of nitrogens with one attached hydrogen (secondary N) is 1. The van der Waals surface area contributed by atoms with Crippen LogP contribution in [0.25, 0.3) is 0 Å². The third-order valence-corrected chi connectivity index (χ3v) is 4.04. The molecule has 17 heavy (non-hydrogen) atoms. The van der Waals surface area contributed by atoms with Crippen LogP contribution in [0.1, 0.15) is 12.8 Å². The van der Waals surface area contributed by atoms with Gasteiger partial charge in [0, 0.05) is 38.8 Å². The number of ether oxygens (including phenoxy) is 1. The van der Waals surface area contributed by atoms with Crippen LogP contribution in [0.4, 0.5) is 0 Å². The van der Waals surface area contributed by atoms with Crippen molar-refractivity contribution in [1.29, 1.82) is 0 Å². The Hall–Kier alpha value is -0.160.